The van der Waals surface area contributed by atoms with Gasteiger partial charge >= 0.3 is 0 Å². The molecule has 126 valence electrons. The summed E-state index contributed by atoms with van der Waals surface area (Å²) in [5.41, 5.74) is -1.09. The van der Waals surface area contributed by atoms with Crippen molar-refractivity contribution in [2.75, 3.05) is 12.8 Å². The third-order valence-corrected chi connectivity index (χ3v) is 8.19. The van der Waals surface area contributed by atoms with Gasteiger partial charge in [-0.3, -0.25) is 0 Å². The van der Waals surface area contributed by atoms with Gasteiger partial charge in [-0.1, -0.05) is 6.92 Å². The average molecular weight is 356 g/mol. The number of hydrogen-bond donors (Lipinski definition) is 0. The predicted molar refractivity (Wildman–Crippen MR) is 85.9 cm³/mol. The summed E-state index contributed by atoms with van der Waals surface area (Å²) in [6.07, 6.45) is 1.66. The smallest absolute Gasteiger partial charge is 0.224 e. The Morgan fingerprint density at radius 3 is 2.04 bits per heavy atom. The highest BCUT2D eigenvalue weighted by atomic mass is 32.2. The SMILES string of the molecule is CCS(=O)(=O)c1ccc(S(=O)(=O)N(C)[C@@](C)(C#N)C2CC2)cc1. The Balaban J connectivity index is 2.39. The summed E-state index contributed by atoms with van der Waals surface area (Å²) in [5.74, 6) is -0.0142. The number of nitrogens with zero attached hydrogens (tertiary/aromatic N) is 2. The summed E-state index contributed by atoms with van der Waals surface area (Å²) in [6.45, 7) is 3.15. The molecule has 1 aliphatic carbocycles. The van der Waals surface area contributed by atoms with Gasteiger partial charge in [0, 0.05) is 7.05 Å². The van der Waals surface area contributed by atoms with E-state index < -0.39 is 25.4 Å². The van der Waals surface area contributed by atoms with E-state index in [9.17, 15) is 22.1 Å². The third-order valence-electron chi connectivity index (χ3n) is 4.47. The second-order valence-corrected chi connectivity index (χ2v) is 10.1. The minimum absolute atomic E-state index is 0.0165. The standard InChI is InChI=1S/C15H20N2O4S2/c1-4-22(18,19)13-7-9-14(10-8-13)23(20,21)17(3)15(2,11-16)12-5-6-12/h7-10,12H,4-6H2,1-3H3/t15-/m0/s1. The Kier molecular flexibility index (Phi) is 4.59. The molecule has 1 aromatic rings. The molecule has 1 aromatic carbocycles. The highest BCUT2D eigenvalue weighted by Gasteiger charge is 2.49. The molecule has 1 saturated carbocycles. The van der Waals surface area contributed by atoms with Crippen LogP contribution in [-0.4, -0.2) is 39.5 Å². The van der Waals surface area contributed by atoms with Crippen molar-refractivity contribution in [1.29, 1.82) is 5.26 Å². The number of sulfone groups is 1. The van der Waals surface area contributed by atoms with E-state index in [1.807, 2.05) is 0 Å². The minimum Gasteiger partial charge on any atom is -0.224 e. The first-order valence-corrected chi connectivity index (χ1v) is 10.4. The highest BCUT2D eigenvalue weighted by molar-refractivity contribution is 7.91. The molecule has 0 spiro atoms. The van der Waals surface area contributed by atoms with E-state index in [1.54, 1.807) is 6.92 Å². The quantitative estimate of drug-likeness (QED) is 0.774. The van der Waals surface area contributed by atoms with Crippen LogP contribution in [0.25, 0.3) is 0 Å². The first-order chi connectivity index (χ1) is 10.6. The van der Waals surface area contributed by atoms with Gasteiger partial charge in [0.15, 0.2) is 9.84 Å². The molecule has 0 radical (unpaired) electrons. The van der Waals surface area contributed by atoms with Crippen LogP contribution >= 0.6 is 0 Å². The molecule has 23 heavy (non-hydrogen) atoms. The molecule has 0 aliphatic heterocycles. The van der Waals surface area contributed by atoms with E-state index in [1.165, 1.54) is 38.2 Å². The fourth-order valence-electron chi connectivity index (χ4n) is 2.46. The maximum absolute atomic E-state index is 12.7. The Hall–Kier alpha value is -1.43. The van der Waals surface area contributed by atoms with Crippen LogP contribution in [0.3, 0.4) is 0 Å². The lowest BCUT2D eigenvalue weighted by atomic mass is 9.99. The minimum atomic E-state index is -3.87. The van der Waals surface area contributed by atoms with Crippen molar-refractivity contribution in [3.8, 4) is 6.07 Å². The average Bonchev–Trinajstić information content (AvgIpc) is 3.38. The molecule has 8 heteroatoms. The van der Waals surface area contributed by atoms with Gasteiger partial charge in [0.1, 0.15) is 5.54 Å². The van der Waals surface area contributed by atoms with Gasteiger partial charge in [-0.2, -0.15) is 9.57 Å². The molecule has 0 N–H and O–H groups in total. The molecule has 6 nitrogen and oxygen atoms in total. The second-order valence-electron chi connectivity index (χ2n) is 5.88. The fraction of sp³-hybridized carbons (Fsp3) is 0.533. The number of benzene rings is 1. The van der Waals surface area contributed by atoms with E-state index >= 15 is 0 Å². The highest BCUT2D eigenvalue weighted by Crippen LogP contribution is 2.43. The predicted octanol–water partition coefficient (Wildman–Crippen LogP) is 1.79. The summed E-state index contributed by atoms with van der Waals surface area (Å²) in [6, 6.07) is 7.25. The van der Waals surface area contributed by atoms with Crippen molar-refractivity contribution >= 4 is 19.9 Å². The molecular formula is C15H20N2O4S2. The normalized spacial score (nSPS) is 18.4. The zero-order valence-corrected chi connectivity index (χ0v) is 15.0. The van der Waals surface area contributed by atoms with E-state index in [2.05, 4.69) is 6.07 Å². The lowest BCUT2D eigenvalue weighted by Crippen LogP contribution is -2.47. The fourth-order valence-corrected chi connectivity index (χ4v) is 4.83. The first kappa shape index (κ1) is 17.9. The zero-order valence-electron chi connectivity index (χ0n) is 13.4. The number of hydrogen-bond acceptors (Lipinski definition) is 5. The van der Waals surface area contributed by atoms with E-state index in [-0.39, 0.29) is 21.5 Å². The van der Waals surface area contributed by atoms with Gasteiger partial charge < -0.3 is 0 Å². The van der Waals surface area contributed by atoms with Gasteiger partial charge in [0.2, 0.25) is 10.0 Å². The number of rotatable bonds is 6. The lowest BCUT2D eigenvalue weighted by Gasteiger charge is -2.32. The van der Waals surface area contributed by atoms with Gasteiger partial charge in [0.05, 0.1) is 21.6 Å². The van der Waals surface area contributed by atoms with Crippen molar-refractivity contribution in [2.24, 2.45) is 5.92 Å². The number of sulfonamides is 1. The molecule has 1 atom stereocenters. The summed E-state index contributed by atoms with van der Waals surface area (Å²) in [7, 11) is -5.85. The Bertz CT molecular complexity index is 834. The molecule has 0 saturated heterocycles. The molecule has 0 aromatic heterocycles. The Morgan fingerprint density at radius 2 is 1.65 bits per heavy atom. The van der Waals surface area contributed by atoms with Crippen molar-refractivity contribution < 1.29 is 16.8 Å². The van der Waals surface area contributed by atoms with Crippen molar-refractivity contribution in [2.45, 2.75) is 42.0 Å². The summed E-state index contributed by atoms with van der Waals surface area (Å²) < 4.78 is 50.1. The molecule has 0 heterocycles. The van der Waals surface area contributed by atoms with Crippen molar-refractivity contribution in [1.82, 2.24) is 4.31 Å². The van der Waals surface area contributed by atoms with Gasteiger partial charge in [-0.15, -0.1) is 0 Å². The van der Waals surface area contributed by atoms with E-state index in [0.717, 1.165) is 17.1 Å². The van der Waals surface area contributed by atoms with Crippen molar-refractivity contribution in [3.05, 3.63) is 24.3 Å². The molecular weight excluding hydrogens is 336 g/mol. The molecule has 1 aliphatic rings. The van der Waals surface area contributed by atoms with Crippen LogP contribution in [0.1, 0.15) is 26.7 Å². The van der Waals surface area contributed by atoms with Crippen LogP contribution in [0, 0.1) is 17.2 Å². The van der Waals surface area contributed by atoms with E-state index in [0.29, 0.717) is 0 Å². The lowest BCUT2D eigenvalue weighted by molar-refractivity contribution is 0.276. The zero-order chi connectivity index (χ0) is 17.5. The topological polar surface area (TPSA) is 95.3 Å². The van der Waals surface area contributed by atoms with Crippen molar-refractivity contribution in [3.63, 3.8) is 0 Å². The van der Waals surface area contributed by atoms with Crippen LogP contribution in [0.15, 0.2) is 34.1 Å². The molecule has 1 fully saturated rings. The number of nitriles is 1. The van der Waals surface area contributed by atoms with Crippen LogP contribution in [-0.2, 0) is 19.9 Å². The molecule has 0 unspecified atom stereocenters. The Labute approximate surface area is 137 Å². The van der Waals surface area contributed by atoms with Crippen LogP contribution in [0.4, 0.5) is 0 Å². The van der Waals surface area contributed by atoms with Gasteiger partial charge in [0.25, 0.3) is 0 Å². The largest absolute Gasteiger partial charge is 0.244 e. The maximum Gasteiger partial charge on any atom is 0.244 e. The maximum atomic E-state index is 12.7. The molecule has 0 bridgehead atoms. The summed E-state index contributed by atoms with van der Waals surface area (Å²) >= 11 is 0. The van der Waals surface area contributed by atoms with E-state index in [4.69, 9.17) is 0 Å². The van der Waals surface area contributed by atoms with Gasteiger partial charge in [-0.05, 0) is 49.9 Å². The van der Waals surface area contributed by atoms with Crippen LogP contribution in [0.2, 0.25) is 0 Å². The van der Waals surface area contributed by atoms with Crippen LogP contribution < -0.4 is 0 Å². The monoisotopic (exact) mass is 356 g/mol. The second kappa shape index (κ2) is 5.89. The Morgan fingerprint density at radius 1 is 1.17 bits per heavy atom. The molecule has 0 amide bonds. The van der Waals surface area contributed by atoms with Crippen LogP contribution in [0.5, 0.6) is 0 Å². The third kappa shape index (κ3) is 3.13. The summed E-state index contributed by atoms with van der Waals surface area (Å²) in [5, 5.41) is 9.42. The van der Waals surface area contributed by atoms with Gasteiger partial charge in [-0.25, -0.2) is 16.8 Å². The molecule has 2 rings (SSSR count). The summed E-state index contributed by atoms with van der Waals surface area (Å²) in [4.78, 5) is 0.0732. The first-order valence-electron chi connectivity index (χ1n) is 7.32.